The summed E-state index contributed by atoms with van der Waals surface area (Å²) in [7, 11) is 1.68. The Hall–Kier alpha value is -3.42. The summed E-state index contributed by atoms with van der Waals surface area (Å²) in [5.74, 6) is 0.764. The minimum Gasteiger partial charge on any atom is -0.494 e. The fourth-order valence-corrected chi connectivity index (χ4v) is 2.44. The van der Waals surface area contributed by atoms with Crippen LogP contribution >= 0.6 is 0 Å². The monoisotopic (exact) mass is 411 g/mol. The number of benzene rings is 1. The summed E-state index contributed by atoms with van der Waals surface area (Å²) in [5.41, 5.74) is 2.24. The first-order valence-electron chi connectivity index (χ1n) is 9.82. The average Bonchev–Trinajstić information content (AvgIpc) is 2.72. The third kappa shape index (κ3) is 6.58. The van der Waals surface area contributed by atoms with E-state index in [2.05, 4.69) is 15.3 Å². The van der Waals surface area contributed by atoms with Gasteiger partial charge in [-0.2, -0.15) is 0 Å². The third-order valence-corrected chi connectivity index (χ3v) is 4.38. The summed E-state index contributed by atoms with van der Waals surface area (Å²) in [6, 6.07) is 10.5. The lowest BCUT2D eigenvalue weighted by atomic mass is 10.2. The Kier molecular flexibility index (Phi) is 8.34. The Balaban J connectivity index is 2.37. The molecule has 2 aromatic rings. The van der Waals surface area contributed by atoms with E-state index in [0.29, 0.717) is 30.1 Å². The molecule has 0 saturated carbocycles. The van der Waals surface area contributed by atoms with Crippen LogP contribution in [0.5, 0.6) is 5.75 Å². The second-order valence-electron chi connectivity index (χ2n) is 7.06. The number of urea groups is 1. The SMILES string of the molecule is CCOc1cccc(N=C(NC(=O)N(C)C(C)C)N(C=O)Cc2ccc(C)cn2)c1. The molecule has 30 heavy (non-hydrogen) atoms. The first-order valence-corrected chi connectivity index (χ1v) is 9.82. The van der Waals surface area contributed by atoms with Crippen molar-refractivity contribution in [2.45, 2.75) is 40.3 Å². The van der Waals surface area contributed by atoms with Gasteiger partial charge in [0.05, 0.1) is 24.5 Å². The zero-order valence-electron chi connectivity index (χ0n) is 18.1. The Morgan fingerprint density at radius 1 is 1.30 bits per heavy atom. The van der Waals surface area contributed by atoms with Gasteiger partial charge in [0.25, 0.3) is 0 Å². The van der Waals surface area contributed by atoms with Gasteiger partial charge in [0.15, 0.2) is 0 Å². The molecule has 8 heteroatoms. The number of aliphatic imine (C=N–C) groups is 1. The Labute approximate surface area is 177 Å². The Morgan fingerprint density at radius 3 is 2.67 bits per heavy atom. The fourth-order valence-electron chi connectivity index (χ4n) is 2.44. The van der Waals surface area contributed by atoms with Crippen LogP contribution in [-0.2, 0) is 11.3 Å². The molecule has 1 N–H and O–H groups in total. The van der Waals surface area contributed by atoms with Crippen LogP contribution in [0.15, 0.2) is 47.6 Å². The lowest BCUT2D eigenvalue weighted by molar-refractivity contribution is -0.115. The van der Waals surface area contributed by atoms with Gasteiger partial charge in [-0.15, -0.1) is 0 Å². The molecule has 0 spiro atoms. The summed E-state index contributed by atoms with van der Waals surface area (Å²) in [5, 5.41) is 2.74. The predicted molar refractivity (Wildman–Crippen MR) is 117 cm³/mol. The van der Waals surface area contributed by atoms with E-state index in [0.717, 1.165) is 5.56 Å². The van der Waals surface area contributed by atoms with Crippen LogP contribution in [0.1, 0.15) is 32.0 Å². The molecule has 0 atom stereocenters. The molecule has 1 heterocycles. The number of rotatable bonds is 7. The van der Waals surface area contributed by atoms with Crippen molar-refractivity contribution in [1.29, 1.82) is 0 Å². The standard InChI is InChI=1S/C22H29N5O3/c1-6-30-20-9-7-8-18(12-20)24-21(25-22(29)26(5)16(2)3)27(15-28)14-19-11-10-17(4)13-23-19/h7-13,15-16H,6,14H2,1-5H3,(H,24,25,29). The Morgan fingerprint density at radius 2 is 2.07 bits per heavy atom. The molecule has 3 amide bonds. The van der Waals surface area contributed by atoms with E-state index in [-0.39, 0.29) is 24.6 Å². The Bertz CT molecular complexity index is 881. The maximum Gasteiger partial charge on any atom is 0.324 e. The quantitative estimate of drug-likeness (QED) is 0.429. The summed E-state index contributed by atoms with van der Waals surface area (Å²) < 4.78 is 5.51. The van der Waals surface area contributed by atoms with Gasteiger partial charge in [0, 0.05) is 25.4 Å². The minimum absolute atomic E-state index is 0.0176. The zero-order chi connectivity index (χ0) is 22.1. The number of aryl methyl sites for hydroxylation is 1. The lowest BCUT2D eigenvalue weighted by Gasteiger charge is -2.25. The number of nitrogens with zero attached hydrogens (tertiary/aromatic N) is 4. The van der Waals surface area contributed by atoms with Crippen LogP contribution in [0.2, 0.25) is 0 Å². The van der Waals surface area contributed by atoms with Crippen molar-refractivity contribution < 1.29 is 14.3 Å². The molecule has 1 aromatic carbocycles. The maximum atomic E-state index is 12.6. The van der Waals surface area contributed by atoms with Crippen molar-refractivity contribution in [2.75, 3.05) is 13.7 Å². The maximum absolute atomic E-state index is 12.6. The predicted octanol–water partition coefficient (Wildman–Crippen LogP) is 3.48. The molecular weight excluding hydrogens is 382 g/mol. The van der Waals surface area contributed by atoms with E-state index in [1.165, 1.54) is 9.80 Å². The molecule has 0 aliphatic rings. The average molecular weight is 412 g/mol. The smallest absolute Gasteiger partial charge is 0.324 e. The second-order valence-corrected chi connectivity index (χ2v) is 7.06. The van der Waals surface area contributed by atoms with Gasteiger partial charge >= 0.3 is 6.03 Å². The first kappa shape index (κ1) is 22.9. The van der Waals surface area contributed by atoms with E-state index < -0.39 is 0 Å². The fraction of sp³-hybridized carbons (Fsp3) is 0.364. The zero-order valence-corrected chi connectivity index (χ0v) is 18.1. The number of nitrogens with one attached hydrogen (secondary N) is 1. The van der Waals surface area contributed by atoms with E-state index in [4.69, 9.17) is 4.74 Å². The number of aromatic nitrogens is 1. The number of hydrogen-bond donors (Lipinski definition) is 1. The van der Waals surface area contributed by atoms with Gasteiger partial charge in [-0.25, -0.2) is 9.79 Å². The van der Waals surface area contributed by atoms with Crippen LogP contribution in [0.25, 0.3) is 0 Å². The van der Waals surface area contributed by atoms with Crippen molar-refractivity contribution in [3.05, 3.63) is 53.9 Å². The molecule has 0 bridgehead atoms. The van der Waals surface area contributed by atoms with Crippen LogP contribution in [0.4, 0.5) is 10.5 Å². The molecule has 0 aliphatic carbocycles. The number of pyridine rings is 1. The summed E-state index contributed by atoms with van der Waals surface area (Å²) >= 11 is 0. The highest BCUT2D eigenvalue weighted by Gasteiger charge is 2.19. The summed E-state index contributed by atoms with van der Waals surface area (Å²) in [6.07, 6.45) is 2.36. The molecule has 8 nitrogen and oxygen atoms in total. The first-order chi connectivity index (χ1) is 14.3. The van der Waals surface area contributed by atoms with E-state index in [1.807, 2.05) is 45.9 Å². The van der Waals surface area contributed by atoms with E-state index >= 15 is 0 Å². The summed E-state index contributed by atoms with van der Waals surface area (Å²) in [6.45, 7) is 8.32. The number of ether oxygens (including phenoxy) is 1. The van der Waals surface area contributed by atoms with Crippen LogP contribution < -0.4 is 10.1 Å². The van der Waals surface area contributed by atoms with Gasteiger partial charge in [0.1, 0.15) is 5.75 Å². The summed E-state index contributed by atoms with van der Waals surface area (Å²) in [4.78, 5) is 36.2. The number of guanidine groups is 1. The molecule has 0 unspecified atom stereocenters. The normalized spacial score (nSPS) is 11.2. The number of carbonyl (C=O) groups excluding carboxylic acids is 2. The highest BCUT2D eigenvalue weighted by molar-refractivity contribution is 6.01. The van der Waals surface area contributed by atoms with Gasteiger partial charge in [-0.3, -0.25) is 20.0 Å². The van der Waals surface area contributed by atoms with Gasteiger partial charge < -0.3 is 9.64 Å². The van der Waals surface area contributed by atoms with Gasteiger partial charge in [0.2, 0.25) is 12.4 Å². The molecule has 0 saturated heterocycles. The molecule has 160 valence electrons. The second kappa shape index (κ2) is 10.9. The highest BCUT2D eigenvalue weighted by Crippen LogP contribution is 2.20. The molecule has 0 radical (unpaired) electrons. The molecule has 0 aliphatic heterocycles. The number of amides is 3. The van der Waals surface area contributed by atoms with Crippen molar-refractivity contribution in [3.8, 4) is 5.75 Å². The number of hydrogen-bond acceptors (Lipinski definition) is 5. The lowest BCUT2D eigenvalue weighted by Crippen LogP contribution is -2.49. The van der Waals surface area contributed by atoms with E-state index in [9.17, 15) is 9.59 Å². The molecule has 0 fully saturated rings. The largest absolute Gasteiger partial charge is 0.494 e. The molecular formula is C22H29N5O3. The third-order valence-electron chi connectivity index (χ3n) is 4.38. The van der Waals surface area contributed by atoms with Gasteiger partial charge in [-0.05, 0) is 51.5 Å². The topological polar surface area (TPSA) is 87.1 Å². The van der Waals surface area contributed by atoms with E-state index in [1.54, 1.807) is 31.4 Å². The van der Waals surface area contributed by atoms with Crippen molar-refractivity contribution in [3.63, 3.8) is 0 Å². The molecule has 2 rings (SSSR count). The van der Waals surface area contributed by atoms with Crippen molar-refractivity contribution in [2.24, 2.45) is 4.99 Å². The minimum atomic E-state index is -0.367. The van der Waals surface area contributed by atoms with Crippen molar-refractivity contribution >= 4 is 24.1 Å². The van der Waals surface area contributed by atoms with Crippen LogP contribution in [-0.4, -0.2) is 52.9 Å². The molecule has 1 aromatic heterocycles. The van der Waals surface area contributed by atoms with Crippen LogP contribution in [0, 0.1) is 6.92 Å². The van der Waals surface area contributed by atoms with Gasteiger partial charge in [-0.1, -0.05) is 12.1 Å². The highest BCUT2D eigenvalue weighted by atomic mass is 16.5. The van der Waals surface area contributed by atoms with Crippen molar-refractivity contribution in [1.82, 2.24) is 20.1 Å². The number of carbonyl (C=O) groups is 2. The van der Waals surface area contributed by atoms with Crippen LogP contribution in [0.3, 0.4) is 0 Å².